The SMILES string of the molecule is O=C(NCCC(=O)N1CCO[C@@H](c2ccccc2)C1)c1cccs1. The molecule has 1 aromatic carbocycles. The van der Waals surface area contributed by atoms with E-state index in [2.05, 4.69) is 5.32 Å². The van der Waals surface area contributed by atoms with Crippen LogP contribution in [0, 0.1) is 0 Å². The molecule has 3 rings (SSSR count). The van der Waals surface area contributed by atoms with Gasteiger partial charge in [0.25, 0.3) is 5.91 Å². The maximum Gasteiger partial charge on any atom is 0.261 e. The number of nitrogens with zero attached hydrogens (tertiary/aromatic N) is 1. The van der Waals surface area contributed by atoms with E-state index in [-0.39, 0.29) is 17.9 Å². The molecule has 2 aromatic rings. The van der Waals surface area contributed by atoms with Gasteiger partial charge >= 0.3 is 0 Å². The molecule has 5 nitrogen and oxygen atoms in total. The molecule has 6 heteroatoms. The molecule has 2 heterocycles. The largest absolute Gasteiger partial charge is 0.370 e. The average Bonchev–Trinajstić information content (AvgIpc) is 3.17. The lowest BCUT2D eigenvalue weighted by Crippen LogP contribution is -2.43. The molecule has 1 fully saturated rings. The van der Waals surface area contributed by atoms with E-state index in [0.717, 1.165) is 5.56 Å². The summed E-state index contributed by atoms with van der Waals surface area (Å²) in [6.45, 7) is 2.04. The van der Waals surface area contributed by atoms with Crippen molar-refractivity contribution in [1.82, 2.24) is 10.2 Å². The van der Waals surface area contributed by atoms with Gasteiger partial charge in [-0.25, -0.2) is 0 Å². The van der Waals surface area contributed by atoms with Crippen molar-refractivity contribution in [2.75, 3.05) is 26.2 Å². The Morgan fingerprint density at radius 2 is 2.04 bits per heavy atom. The second-order valence-electron chi connectivity index (χ2n) is 5.59. The van der Waals surface area contributed by atoms with E-state index in [1.54, 1.807) is 6.07 Å². The molecular weight excluding hydrogens is 324 g/mol. The summed E-state index contributed by atoms with van der Waals surface area (Å²) < 4.78 is 5.77. The van der Waals surface area contributed by atoms with Crippen LogP contribution in [0.25, 0.3) is 0 Å². The number of carbonyl (C=O) groups excluding carboxylic acids is 2. The normalized spacial score (nSPS) is 17.5. The molecule has 1 atom stereocenters. The van der Waals surface area contributed by atoms with Crippen LogP contribution in [0.2, 0.25) is 0 Å². The summed E-state index contributed by atoms with van der Waals surface area (Å²) in [5.41, 5.74) is 1.08. The van der Waals surface area contributed by atoms with E-state index in [4.69, 9.17) is 4.74 Å². The van der Waals surface area contributed by atoms with E-state index >= 15 is 0 Å². The van der Waals surface area contributed by atoms with Gasteiger partial charge in [0.2, 0.25) is 5.91 Å². The monoisotopic (exact) mass is 344 g/mol. The zero-order valence-corrected chi connectivity index (χ0v) is 14.1. The summed E-state index contributed by atoms with van der Waals surface area (Å²) in [7, 11) is 0. The van der Waals surface area contributed by atoms with Crippen molar-refractivity contribution >= 4 is 23.2 Å². The van der Waals surface area contributed by atoms with Crippen LogP contribution in [-0.4, -0.2) is 43.0 Å². The maximum absolute atomic E-state index is 12.4. The van der Waals surface area contributed by atoms with Crippen molar-refractivity contribution in [3.63, 3.8) is 0 Å². The number of ether oxygens (including phenoxy) is 1. The number of nitrogens with one attached hydrogen (secondary N) is 1. The van der Waals surface area contributed by atoms with Crippen molar-refractivity contribution in [1.29, 1.82) is 0 Å². The van der Waals surface area contributed by atoms with Gasteiger partial charge in [-0.2, -0.15) is 0 Å². The maximum atomic E-state index is 12.4. The summed E-state index contributed by atoms with van der Waals surface area (Å²) in [4.78, 5) is 26.7. The third kappa shape index (κ3) is 4.21. The predicted molar refractivity (Wildman–Crippen MR) is 93.0 cm³/mol. The van der Waals surface area contributed by atoms with Gasteiger partial charge in [-0.3, -0.25) is 9.59 Å². The highest BCUT2D eigenvalue weighted by Crippen LogP contribution is 2.22. The number of thiophene rings is 1. The van der Waals surface area contributed by atoms with Crippen molar-refractivity contribution in [3.8, 4) is 0 Å². The molecule has 0 spiro atoms. The highest BCUT2D eigenvalue weighted by atomic mass is 32.1. The Bertz CT molecular complexity index is 673. The summed E-state index contributed by atoms with van der Waals surface area (Å²) >= 11 is 1.39. The number of benzene rings is 1. The van der Waals surface area contributed by atoms with Crippen molar-refractivity contribution in [2.24, 2.45) is 0 Å². The predicted octanol–water partition coefficient (Wildman–Crippen LogP) is 2.47. The van der Waals surface area contributed by atoms with E-state index in [1.807, 2.05) is 46.7 Å². The van der Waals surface area contributed by atoms with Crippen LogP contribution in [-0.2, 0) is 9.53 Å². The quantitative estimate of drug-likeness (QED) is 0.906. The van der Waals surface area contributed by atoms with Crippen LogP contribution >= 0.6 is 11.3 Å². The van der Waals surface area contributed by atoms with Crippen LogP contribution < -0.4 is 5.32 Å². The number of hydrogen-bond donors (Lipinski definition) is 1. The second kappa shape index (κ2) is 8.08. The Morgan fingerprint density at radius 1 is 1.21 bits per heavy atom. The number of rotatable bonds is 5. The average molecular weight is 344 g/mol. The Hall–Kier alpha value is -2.18. The Kier molecular flexibility index (Phi) is 5.61. The molecule has 0 unspecified atom stereocenters. The van der Waals surface area contributed by atoms with E-state index < -0.39 is 0 Å². The van der Waals surface area contributed by atoms with E-state index in [1.165, 1.54) is 11.3 Å². The lowest BCUT2D eigenvalue weighted by Gasteiger charge is -2.33. The van der Waals surface area contributed by atoms with Crippen LogP contribution in [0.1, 0.15) is 27.8 Å². The Labute approximate surface area is 145 Å². The third-order valence-electron chi connectivity index (χ3n) is 3.96. The van der Waals surface area contributed by atoms with Gasteiger partial charge in [-0.15, -0.1) is 11.3 Å². The molecule has 1 saturated heterocycles. The lowest BCUT2D eigenvalue weighted by atomic mass is 10.1. The first-order valence-corrected chi connectivity index (χ1v) is 8.88. The summed E-state index contributed by atoms with van der Waals surface area (Å²) in [6, 6.07) is 13.5. The van der Waals surface area contributed by atoms with Crippen LogP contribution in [0.3, 0.4) is 0 Å². The van der Waals surface area contributed by atoms with Crippen LogP contribution in [0.4, 0.5) is 0 Å². The molecule has 0 saturated carbocycles. The zero-order chi connectivity index (χ0) is 16.8. The molecule has 126 valence electrons. The van der Waals surface area contributed by atoms with Gasteiger partial charge in [0.1, 0.15) is 6.10 Å². The van der Waals surface area contributed by atoms with Gasteiger partial charge in [0.15, 0.2) is 0 Å². The molecule has 1 aliphatic rings. The zero-order valence-electron chi connectivity index (χ0n) is 13.3. The fourth-order valence-corrected chi connectivity index (χ4v) is 3.32. The molecule has 0 bridgehead atoms. The molecule has 0 aliphatic carbocycles. The summed E-state index contributed by atoms with van der Waals surface area (Å²) in [5, 5.41) is 4.65. The molecular formula is C18H20N2O3S. The van der Waals surface area contributed by atoms with Gasteiger partial charge in [-0.1, -0.05) is 36.4 Å². The standard InChI is InChI=1S/C18H20N2O3S/c21-17(8-9-19-18(22)16-7-4-12-24-16)20-10-11-23-15(13-20)14-5-2-1-3-6-14/h1-7,12,15H,8-11,13H2,(H,19,22)/t15-/m1/s1. The highest BCUT2D eigenvalue weighted by molar-refractivity contribution is 7.12. The first kappa shape index (κ1) is 16.7. The van der Waals surface area contributed by atoms with Crippen LogP contribution in [0.5, 0.6) is 0 Å². The smallest absolute Gasteiger partial charge is 0.261 e. The van der Waals surface area contributed by atoms with Crippen molar-refractivity contribution in [3.05, 3.63) is 58.3 Å². The summed E-state index contributed by atoms with van der Waals surface area (Å²) in [6.07, 6.45) is 0.225. The molecule has 0 radical (unpaired) electrons. The fourth-order valence-electron chi connectivity index (χ4n) is 2.68. The van der Waals surface area contributed by atoms with Crippen molar-refractivity contribution < 1.29 is 14.3 Å². The third-order valence-corrected chi connectivity index (χ3v) is 4.83. The first-order valence-electron chi connectivity index (χ1n) is 8.00. The minimum atomic E-state index is -0.123. The van der Waals surface area contributed by atoms with E-state index in [0.29, 0.717) is 37.5 Å². The van der Waals surface area contributed by atoms with Gasteiger partial charge in [-0.05, 0) is 17.0 Å². The van der Waals surface area contributed by atoms with Gasteiger partial charge < -0.3 is 15.0 Å². The number of amides is 2. The molecule has 1 N–H and O–H groups in total. The molecule has 24 heavy (non-hydrogen) atoms. The Balaban J connectivity index is 1.47. The Morgan fingerprint density at radius 3 is 2.79 bits per heavy atom. The second-order valence-corrected chi connectivity index (χ2v) is 6.54. The number of morpholine rings is 1. The van der Waals surface area contributed by atoms with Gasteiger partial charge in [0.05, 0.1) is 18.0 Å². The lowest BCUT2D eigenvalue weighted by molar-refractivity contribution is -0.138. The van der Waals surface area contributed by atoms with Crippen molar-refractivity contribution in [2.45, 2.75) is 12.5 Å². The molecule has 1 aliphatic heterocycles. The highest BCUT2D eigenvalue weighted by Gasteiger charge is 2.25. The first-order chi connectivity index (χ1) is 11.7. The molecule has 1 aromatic heterocycles. The summed E-state index contributed by atoms with van der Waals surface area (Å²) in [5.74, 6) is -0.0762. The number of carbonyl (C=O) groups is 2. The minimum Gasteiger partial charge on any atom is -0.370 e. The minimum absolute atomic E-state index is 0.0470. The number of hydrogen-bond acceptors (Lipinski definition) is 4. The van der Waals surface area contributed by atoms with E-state index in [9.17, 15) is 9.59 Å². The molecule has 2 amide bonds. The van der Waals surface area contributed by atoms with Crippen LogP contribution in [0.15, 0.2) is 47.8 Å². The van der Waals surface area contributed by atoms with Gasteiger partial charge in [0, 0.05) is 19.5 Å². The topological polar surface area (TPSA) is 58.6 Å². The fraction of sp³-hybridized carbons (Fsp3) is 0.333.